The summed E-state index contributed by atoms with van der Waals surface area (Å²) >= 11 is 0. The van der Waals surface area contributed by atoms with E-state index in [2.05, 4.69) is 15.5 Å². The Bertz CT molecular complexity index is 529. The molecule has 0 spiro atoms. The number of nitrogens with zero attached hydrogens (tertiary/aromatic N) is 1. The zero-order valence-electron chi connectivity index (χ0n) is 10.1. The van der Waals surface area contributed by atoms with Crippen molar-refractivity contribution in [2.75, 3.05) is 13.1 Å². The molecule has 0 amide bonds. The Balaban J connectivity index is 1.89. The summed E-state index contributed by atoms with van der Waals surface area (Å²) in [6.45, 7) is 2.11. The molecule has 2 aromatic rings. The van der Waals surface area contributed by atoms with Crippen LogP contribution in [0.15, 0.2) is 30.5 Å². The van der Waals surface area contributed by atoms with Crippen molar-refractivity contribution in [2.24, 2.45) is 5.92 Å². The van der Waals surface area contributed by atoms with Gasteiger partial charge in [0.1, 0.15) is 5.82 Å². The maximum absolute atomic E-state index is 13.8. The van der Waals surface area contributed by atoms with Gasteiger partial charge in [-0.1, -0.05) is 18.2 Å². The summed E-state index contributed by atoms with van der Waals surface area (Å²) < 4.78 is 13.8. The minimum absolute atomic E-state index is 0.190. The first-order valence-corrected chi connectivity index (χ1v) is 6.32. The molecule has 1 atom stereocenters. The van der Waals surface area contributed by atoms with Gasteiger partial charge >= 0.3 is 0 Å². The molecule has 1 aliphatic heterocycles. The van der Waals surface area contributed by atoms with Crippen molar-refractivity contribution in [3.05, 3.63) is 42.0 Å². The van der Waals surface area contributed by atoms with Crippen molar-refractivity contribution in [1.82, 2.24) is 15.5 Å². The second kappa shape index (κ2) is 4.90. The lowest BCUT2D eigenvalue weighted by atomic mass is 9.97. The largest absolute Gasteiger partial charge is 0.316 e. The van der Waals surface area contributed by atoms with Gasteiger partial charge in [0.25, 0.3) is 0 Å². The summed E-state index contributed by atoms with van der Waals surface area (Å²) in [5.41, 5.74) is 2.56. The molecule has 1 unspecified atom stereocenters. The van der Waals surface area contributed by atoms with Crippen LogP contribution in [-0.2, 0) is 6.42 Å². The third-order valence-corrected chi connectivity index (χ3v) is 3.54. The van der Waals surface area contributed by atoms with Gasteiger partial charge in [-0.25, -0.2) is 4.39 Å². The van der Waals surface area contributed by atoms with E-state index in [1.807, 2.05) is 6.07 Å². The fraction of sp³-hybridized carbons (Fsp3) is 0.357. The zero-order valence-corrected chi connectivity index (χ0v) is 10.1. The number of benzene rings is 1. The number of nitrogens with one attached hydrogen (secondary N) is 2. The number of aromatic amines is 1. The number of hydrogen-bond donors (Lipinski definition) is 2. The predicted octanol–water partition coefficient (Wildman–Crippen LogP) is 2.37. The zero-order chi connectivity index (χ0) is 12.4. The molecule has 1 aliphatic rings. The minimum atomic E-state index is -0.190. The molecule has 2 heterocycles. The van der Waals surface area contributed by atoms with E-state index in [9.17, 15) is 4.39 Å². The number of aromatic nitrogens is 2. The highest BCUT2D eigenvalue weighted by Gasteiger charge is 2.19. The summed E-state index contributed by atoms with van der Waals surface area (Å²) in [4.78, 5) is 0. The van der Waals surface area contributed by atoms with Crippen LogP contribution in [0.3, 0.4) is 0 Å². The fourth-order valence-electron chi connectivity index (χ4n) is 2.56. The molecule has 1 aromatic carbocycles. The average molecular weight is 245 g/mol. The van der Waals surface area contributed by atoms with Crippen LogP contribution >= 0.6 is 0 Å². The third-order valence-electron chi connectivity index (χ3n) is 3.54. The first kappa shape index (κ1) is 11.4. The van der Waals surface area contributed by atoms with Crippen LogP contribution in [0.4, 0.5) is 4.39 Å². The van der Waals surface area contributed by atoms with Gasteiger partial charge in [0.05, 0.1) is 6.20 Å². The smallest absolute Gasteiger partial charge is 0.131 e. The lowest BCUT2D eigenvalue weighted by Crippen LogP contribution is -2.11. The Morgan fingerprint density at radius 2 is 2.17 bits per heavy atom. The van der Waals surface area contributed by atoms with Crippen molar-refractivity contribution in [3.8, 4) is 11.1 Å². The number of halogens is 1. The molecule has 0 bridgehead atoms. The molecular formula is C14H16FN3. The van der Waals surface area contributed by atoms with Crippen molar-refractivity contribution in [3.63, 3.8) is 0 Å². The van der Waals surface area contributed by atoms with Gasteiger partial charge in [0.2, 0.25) is 0 Å². The molecule has 1 aromatic heterocycles. The van der Waals surface area contributed by atoms with Crippen LogP contribution in [0, 0.1) is 11.7 Å². The van der Waals surface area contributed by atoms with Crippen LogP contribution in [0.2, 0.25) is 0 Å². The van der Waals surface area contributed by atoms with Crippen molar-refractivity contribution >= 4 is 0 Å². The second-order valence-corrected chi connectivity index (χ2v) is 4.81. The highest BCUT2D eigenvalue weighted by atomic mass is 19.1. The molecule has 1 fully saturated rings. The van der Waals surface area contributed by atoms with Gasteiger partial charge < -0.3 is 5.32 Å². The monoisotopic (exact) mass is 245 g/mol. The van der Waals surface area contributed by atoms with Crippen molar-refractivity contribution in [2.45, 2.75) is 12.8 Å². The van der Waals surface area contributed by atoms with E-state index >= 15 is 0 Å². The van der Waals surface area contributed by atoms with E-state index in [0.29, 0.717) is 11.5 Å². The number of hydrogen-bond acceptors (Lipinski definition) is 2. The van der Waals surface area contributed by atoms with Gasteiger partial charge in [-0.2, -0.15) is 5.10 Å². The highest BCUT2D eigenvalue weighted by molar-refractivity contribution is 5.65. The second-order valence-electron chi connectivity index (χ2n) is 4.81. The lowest BCUT2D eigenvalue weighted by molar-refractivity contribution is 0.571. The molecule has 2 N–H and O–H groups in total. The van der Waals surface area contributed by atoms with Gasteiger partial charge in [0, 0.05) is 16.8 Å². The van der Waals surface area contributed by atoms with E-state index in [1.165, 1.54) is 12.5 Å². The molecule has 18 heavy (non-hydrogen) atoms. The molecule has 1 saturated heterocycles. The first-order valence-electron chi connectivity index (χ1n) is 6.32. The Kier molecular flexibility index (Phi) is 3.11. The summed E-state index contributed by atoms with van der Waals surface area (Å²) in [6.07, 6.45) is 3.82. The number of H-pyrrole nitrogens is 1. The van der Waals surface area contributed by atoms with E-state index < -0.39 is 0 Å². The van der Waals surface area contributed by atoms with E-state index in [4.69, 9.17) is 0 Å². The predicted molar refractivity (Wildman–Crippen MR) is 68.7 cm³/mol. The number of rotatable bonds is 3. The quantitative estimate of drug-likeness (QED) is 0.871. The molecule has 3 nitrogen and oxygen atoms in total. The van der Waals surface area contributed by atoms with Gasteiger partial charge in [0.15, 0.2) is 0 Å². The SMILES string of the molecule is Fc1ccccc1-c1cn[nH]c1CC1CCNC1. The van der Waals surface area contributed by atoms with Crippen LogP contribution in [0.25, 0.3) is 11.1 Å². The Morgan fingerprint density at radius 3 is 2.94 bits per heavy atom. The van der Waals surface area contributed by atoms with E-state index in [1.54, 1.807) is 18.3 Å². The maximum atomic E-state index is 13.8. The van der Waals surface area contributed by atoms with Gasteiger partial charge in [-0.15, -0.1) is 0 Å². The third kappa shape index (κ3) is 2.16. The molecule has 4 heteroatoms. The highest BCUT2D eigenvalue weighted by Crippen LogP contribution is 2.27. The summed E-state index contributed by atoms with van der Waals surface area (Å²) in [6, 6.07) is 6.85. The van der Waals surface area contributed by atoms with Crippen molar-refractivity contribution < 1.29 is 4.39 Å². The molecule has 3 rings (SSSR count). The van der Waals surface area contributed by atoms with Crippen LogP contribution in [0.5, 0.6) is 0 Å². The van der Waals surface area contributed by atoms with Crippen molar-refractivity contribution in [1.29, 1.82) is 0 Å². The van der Waals surface area contributed by atoms with E-state index in [-0.39, 0.29) is 5.82 Å². The normalized spacial score (nSPS) is 19.3. The Hall–Kier alpha value is -1.68. The van der Waals surface area contributed by atoms with Crippen LogP contribution < -0.4 is 5.32 Å². The molecule has 0 aliphatic carbocycles. The topological polar surface area (TPSA) is 40.7 Å². The molecule has 0 saturated carbocycles. The van der Waals surface area contributed by atoms with Crippen LogP contribution in [0.1, 0.15) is 12.1 Å². The standard InChI is InChI=1S/C14H16FN3/c15-13-4-2-1-3-11(13)12-9-17-18-14(12)7-10-5-6-16-8-10/h1-4,9-10,16H,5-8H2,(H,17,18). The molecule has 94 valence electrons. The van der Waals surface area contributed by atoms with Crippen LogP contribution in [-0.4, -0.2) is 23.3 Å². The first-order chi connectivity index (χ1) is 8.84. The molecule has 0 radical (unpaired) electrons. The summed E-state index contributed by atoms with van der Waals surface area (Å²) in [7, 11) is 0. The average Bonchev–Trinajstić information content (AvgIpc) is 3.02. The Labute approximate surface area is 105 Å². The Morgan fingerprint density at radius 1 is 1.28 bits per heavy atom. The summed E-state index contributed by atoms with van der Waals surface area (Å²) in [5, 5.41) is 10.4. The minimum Gasteiger partial charge on any atom is -0.316 e. The molecular weight excluding hydrogens is 229 g/mol. The maximum Gasteiger partial charge on any atom is 0.131 e. The van der Waals surface area contributed by atoms with E-state index in [0.717, 1.165) is 30.8 Å². The van der Waals surface area contributed by atoms with Gasteiger partial charge in [-0.3, -0.25) is 5.10 Å². The summed E-state index contributed by atoms with van der Waals surface area (Å²) in [5.74, 6) is 0.431. The fourth-order valence-corrected chi connectivity index (χ4v) is 2.56. The lowest BCUT2D eigenvalue weighted by Gasteiger charge is -2.09. The van der Waals surface area contributed by atoms with Gasteiger partial charge in [-0.05, 0) is 37.9 Å².